The fourth-order valence-electron chi connectivity index (χ4n) is 2.66. The Morgan fingerprint density at radius 2 is 1.88 bits per heavy atom. The van der Waals surface area contributed by atoms with Crippen molar-refractivity contribution in [2.24, 2.45) is 7.05 Å². The molecule has 0 unspecified atom stereocenters. The van der Waals surface area contributed by atoms with Gasteiger partial charge in [-0.2, -0.15) is 4.80 Å². The Balaban J connectivity index is 1.95. The van der Waals surface area contributed by atoms with E-state index in [9.17, 15) is 0 Å². The molecule has 0 aliphatic rings. The van der Waals surface area contributed by atoms with Gasteiger partial charge in [0.25, 0.3) is 0 Å². The predicted octanol–water partition coefficient (Wildman–Crippen LogP) is 4.00. The summed E-state index contributed by atoms with van der Waals surface area (Å²) in [6.07, 6.45) is 1.98. The zero-order valence-corrected chi connectivity index (χ0v) is 15.4. The highest BCUT2D eigenvalue weighted by atomic mass is 32.1. The number of rotatable bonds is 5. The van der Waals surface area contributed by atoms with Crippen LogP contribution in [0.15, 0.2) is 12.1 Å². The molecule has 0 atom stereocenters. The van der Waals surface area contributed by atoms with Crippen LogP contribution < -0.4 is 4.74 Å². The number of hydrogen-bond donors (Lipinski definition) is 0. The Morgan fingerprint density at radius 1 is 1.17 bits per heavy atom. The Labute approximate surface area is 145 Å². The molecule has 3 aromatic rings. The van der Waals surface area contributed by atoms with Gasteiger partial charge in [0.1, 0.15) is 5.75 Å². The van der Waals surface area contributed by atoms with E-state index in [4.69, 9.17) is 4.74 Å². The molecule has 0 bridgehead atoms. The molecule has 0 aliphatic carbocycles. The van der Waals surface area contributed by atoms with Gasteiger partial charge in [-0.25, -0.2) is 4.98 Å². The number of benzene rings is 1. The summed E-state index contributed by atoms with van der Waals surface area (Å²) in [6, 6.07) is 4.07. The topological polar surface area (TPSA) is 65.7 Å². The molecule has 6 nitrogen and oxygen atoms in total. The van der Waals surface area contributed by atoms with Crippen molar-refractivity contribution in [3.63, 3.8) is 0 Å². The van der Waals surface area contributed by atoms with Crippen molar-refractivity contribution in [2.45, 2.75) is 40.5 Å². The Hall–Kier alpha value is -2.28. The van der Waals surface area contributed by atoms with Gasteiger partial charge in [0, 0.05) is 5.56 Å². The zero-order valence-electron chi connectivity index (χ0n) is 14.6. The summed E-state index contributed by atoms with van der Waals surface area (Å²) in [4.78, 5) is 6.05. The van der Waals surface area contributed by atoms with Crippen molar-refractivity contribution in [3.8, 4) is 22.2 Å². The largest absolute Gasteiger partial charge is 0.444 e. The SMILES string of the molecule is CCCc1nc(C)sc1Oc1c(C)cc(-c2nnn(C)n2)cc1C. The van der Waals surface area contributed by atoms with Crippen LogP contribution in [-0.4, -0.2) is 25.2 Å². The molecule has 0 saturated heterocycles. The molecule has 1 aromatic carbocycles. The zero-order chi connectivity index (χ0) is 17.3. The van der Waals surface area contributed by atoms with Crippen molar-refractivity contribution >= 4 is 11.3 Å². The second-order valence-electron chi connectivity index (χ2n) is 5.86. The number of nitrogens with zero attached hydrogens (tertiary/aromatic N) is 5. The molecule has 3 rings (SSSR count). The van der Waals surface area contributed by atoms with E-state index in [1.807, 2.05) is 32.9 Å². The monoisotopic (exact) mass is 343 g/mol. The van der Waals surface area contributed by atoms with Crippen LogP contribution in [0.5, 0.6) is 10.8 Å². The van der Waals surface area contributed by atoms with Gasteiger partial charge >= 0.3 is 0 Å². The lowest BCUT2D eigenvalue weighted by Gasteiger charge is -2.12. The number of aromatic nitrogens is 5. The fraction of sp³-hybridized carbons (Fsp3) is 0.412. The lowest BCUT2D eigenvalue weighted by molar-refractivity contribution is 0.480. The lowest BCUT2D eigenvalue weighted by atomic mass is 10.1. The van der Waals surface area contributed by atoms with Crippen molar-refractivity contribution in [2.75, 3.05) is 0 Å². The van der Waals surface area contributed by atoms with E-state index in [-0.39, 0.29) is 0 Å². The summed E-state index contributed by atoms with van der Waals surface area (Å²) in [5.74, 6) is 1.50. The number of thiazole rings is 1. The van der Waals surface area contributed by atoms with Crippen LogP contribution in [0.4, 0.5) is 0 Å². The van der Waals surface area contributed by atoms with Gasteiger partial charge in [-0.15, -0.1) is 10.2 Å². The van der Waals surface area contributed by atoms with Gasteiger partial charge < -0.3 is 4.74 Å². The quantitative estimate of drug-likeness (QED) is 0.700. The average Bonchev–Trinajstić information content (AvgIpc) is 3.09. The fourth-order valence-corrected chi connectivity index (χ4v) is 3.47. The lowest BCUT2D eigenvalue weighted by Crippen LogP contribution is -1.95. The van der Waals surface area contributed by atoms with Crippen molar-refractivity contribution in [1.82, 2.24) is 25.2 Å². The minimum atomic E-state index is 0.621. The number of hydrogen-bond acceptors (Lipinski definition) is 6. The van der Waals surface area contributed by atoms with Crippen LogP contribution in [-0.2, 0) is 13.5 Å². The van der Waals surface area contributed by atoms with E-state index >= 15 is 0 Å². The molecule has 0 fully saturated rings. The highest BCUT2D eigenvalue weighted by Crippen LogP contribution is 2.37. The van der Waals surface area contributed by atoms with E-state index in [2.05, 4.69) is 27.3 Å². The third-order valence-corrected chi connectivity index (χ3v) is 4.57. The van der Waals surface area contributed by atoms with Crippen LogP contribution in [0.2, 0.25) is 0 Å². The molecule has 7 heteroatoms. The third-order valence-electron chi connectivity index (χ3n) is 3.68. The summed E-state index contributed by atoms with van der Waals surface area (Å²) in [6.45, 7) is 8.24. The highest BCUT2D eigenvalue weighted by Gasteiger charge is 2.15. The van der Waals surface area contributed by atoms with Crippen molar-refractivity contribution in [3.05, 3.63) is 34.0 Å². The number of ether oxygens (including phenoxy) is 1. The maximum atomic E-state index is 6.23. The first-order chi connectivity index (χ1) is 11.5. The first kappa shape index (κ1) is 16.6. The molecule has 2 heterocycles. The van der Waals surface area contributed by atoms with Crippen molar-refractivity contribution < 1.29 is 4.74 Å². The molecule has 0 radical (unpaired) electrons. The summed E-state index contributed by atoms with van der Waals surface area (Å²) in [5, 5.41) is 14.2. The van der Waals surface area contributed by atoms with Gasteiger partial charge in [-0.05, 0) is 55.7 Å². The summed E-state index contributed by atoms with van der Waals surface area (Å²) in [5.41, 5.74) is 4.08. The second kappa shape index (κ2) is 6.68. The maximum Gasteiger partial charge on any atom is 0.204 e. The minimum absolute atomic E-state index is 0.621. The van der Waals surface area contributed by atoms with Crippen LogP contribution >= 0.6 is 11.3 Å². The van der Waals surface area contributed by atoms with Crippen LogP contribution in [0.3, 0.4) is 0 Å². The summed E-state index contributed by atoms with van der Waals surface area (Å²) in [7, 11) is 1.76. The van der Waals surface area contributed by atoms with Gasteiger partial charge in [0.05, 0.1) is 17.7 Å². The Kier molecular flexibility index (Phi) is 4.62. The van der Waals surface area contributed by atoms with E-state index in [1.54, 1.807) is 18.4 Å². The van der Waals surface area contributed by atoms with Crippen molar-refractivity contribution in [1.29, 1.82) is 0 Å². The minimum Gasteiger partial charge on any atom is -0.444 e. The summed E-state index contributed by atoms with van der Waals surface area (Å²) < 4.78 is 6.23. The molecule has 0 N–H and O–H groups in total. The van der Waals surface area contributed by atoms with Gasteiger partial charge in [0.15, 0.2) is 0 Å². The second-order valence-corrected chi connectivity index (χ2v) is 7.03. The van der Waals surface area contributed by atoms with Gasteiger partial charge in [-0.1, -0.05) is 24.7 Å². The molecule has 2 aromatic heterocycles. The molecule has 0 saturated carbocycles. The van der Waals surface area contributed by atoms with E-state index in [1.165, 1.54) is 4.80 Å². The van der Waals surface area contributed by atoms with Crippen LogP contribution in [0.1, 0.15) is 35.2 Å². The number of tetrazole rings is 1. The summed E-state index contributed by atoms with van der Waals surface area (Å²) >= 11 is 1.60. The molecular formula is C17H21N5OS. The van der Waals surface area contributed by atoms with E-state index in [0.717, 1.165) is 51.0 Å². The Morgan fingerprint density at radius 3 is 2.46 bits per heavy atom. The van der Waals surface area contributed by atoms with Crippen LogP contribution in [0.25, 0.3) is 11.4 Å². The Bertz CT molecular complexity index is 845. The smallest absolute Gasteiger partial charge is 0.204 e. The van der Waals surface area contributed by atoms with Gasteiger partial charge in [-0.3, -0.25) is 0 Å². The maximum absolute atomic E-state index is 6.23. The molecule has 0 amide bonds. The molecule has 0 aliphatic heterocycles. The van der Waals surface area contributed by atoms with E-state index in [0.29, 0.717) is 5.82 Å². The molecular weight excluding hydrogens is 322 g/mol. The standard InChI is InChI=1S/C17H21N5OS/c1-6-7-14-17(24-12(4)18-14)23-15-10(2)8-13(9-11(15)3)16-19-21-22(5)20-16/h8-9H,6-7H2,1-5H3. The first-order valence-electron chi connectivity index (χ1n) is 7.97. The van der Waals surface area contributed by atoms with E-state index < -0.39 is 0 Å². The predicted molar refractivity (Wildman–Crippen MR) is 94.6 cm³/mol. The molecule has 126 valence electrons. The van der Waals surface area contributed by atoms with Crippen LogP contribution in [0, 0.1) is 20.8 Å². The third kappa shape index (κ3) is 3.31. The highest BCUT2D eigenvalue weighted by molar-refractivity contribution is 7.13. The first-order valence-corrected chi connectivity index (χ1v) is 8.79. The molecule has 0 spiro atoms. The van der Waals surface area contributed by atoms with Gasteiger partial charge in [0.2, 0.25) is 10.9 Å². The number of aryl methyl sites for hydroxylation is 5. The average molecular weight is 343 g/mol. The normalized spacial score (nSPS) is 11.0. The molecule has 24 heavy (non-hydrogen) atoms.